The minimum absolute atomic E-state index is 0.0797. The average Bonchev–Trinajstić information content (AvgIpc) is 3.03. The lowest BCUT2D eigenvalue weighted by Crippen LogP contribution is -2.42. The van der Waals surface area contributed by atoms with Crippen LogP contribution in [-0.4, -0.2) is 44.2 Å². The number of anilines is 2. The smallest absolute Gasteiger partial charge is 0.258 e. The van der Waals surface area contributed by atoms with Gasteiger partial charge in [0, 0.05) is 18.7 Å². The molecule has 0 aromatic heterocycles. The van der Waals surface area contributed by atoms with Crippen LogP contribution in [0.25, 0.3) is 0 Å². The number of para-hydroxylation sites is 2. The van der Waals surface area contributed by atoms with E-state index in [2.05, 4.69) is 5.32 Å². The molecule has 2 aromatic carbocycles. The largest absolute Gasteiger partial charge is 0.323 e. The van der Waals surface area contributed by atoms with E-state index in [4.69, 9.17) is 0 Å². The lowest BCUT2D eigenvalue weighted by atomic mass is 10.1. The van der Waals surface area contributed by atoms with Crippen LogP contribution in [0.4, 0.5) is 11.4 Å². The Bertz CT molecular complexity index is 1030. The van der Waals surface area contributed by atoms with Crippen LogP contribution >= 0.6 is 0 Å². The third kappa shape index (κ3) is 3.90. The number of fused-ring (bicyclic) bond motifs is 1. The van der Waals surface area contributed by atoms with Gasteiger partial charge in [-0.25, -0.2) is 8.42 Å². The number of carbonyl (C=O) groups is 2. The number of nitrogens with zero attached hydrogens (tertiary/aromatic N) is 2. The maximum atomic E-state index is 13.0. The maximum absolute atomic E-state index is 13.0. The molecule has 2 amide bonds. The van der Waals surface area contributed by atoms with Gasteiger partial charge in [-0.1, -0.05) is 25.0 Å². The standard InChI is InChI=1S/C21H23N3O4S/c25-20-15-24(19-8-4-3-7-18(19)22-20)21(26)16-9-11-17(12-10-16)29(27,28)23-13-5-1-2-6-14-23/h3-4,7-12H,1-2,5-6,13-15H2,(H,22,25). The average molecular weight is 413 g/mol. The second-order valence-electron chi connectivity index (χ2n) is 7.30. The Balaban J connectivity index is 1.58. The third-order valence-corrected chi connectivity index (χ3v) is 7.23. The summed E-state index contributed by atoms with van der Waals surface area (Å²) in [5, 5.41) is 2.75. The van der Waals surface area contributed by atoms with Crippen molar-refractivity contribution in [1.82, 2.24) is 4.31 Å². The van der Waals surface area contributed by atoms with E-state index in [1.807, 2.05) is 0 Å². The van der Waals surface area contributed by atoms with Crippen LogP contribution in [0.15, 0.2) is 53.4 Å². The van der Waals surface area contributed by atoms with Gasteiger partial charge in [0.15, 0.2) is 0 Å². The van der Waals surface area contributed by atoms with Gasteiger partial charge in [-0.3, -0.25) is 14.5 Å². The summed E-state index contributed by atoms with van der Waals surface area (Å²) in [5.41, 5.74) is 1.54. The van der Waals surface area contributed by atoms with Crippen LogP contribution in [0.3, 0.4) is 0 Å². The summed E-state index contributed by atoms with van der Waals surface area (Å²) < 4.78 is 27.3. The predicted molar refractivity (Wildman–Crippen MR) is 110 cm³/mol. The summed E-state index contributed by atoms with van der Waals surface area (Å²) in [6.45, 7) is 0.981. The molecule has 1 fully saturated rings. The van der Waals surface area contributed by atoms with Crippen LogP contribution in [0.2, 0.25) is 0 Å². The van der Waals surface area contributed by atoms with Gasteiger partial charge in [0.1, 0.15) is 6.54 Å². The number of hydrogen-bond acceptors (Lipinski definition) is 4. The molecule has 0 spiro atoms. The van der Waals surface area contributed by atoms with E-state index in [1.165, 1.54) is 33.5 Å². The Morgan fingerprint density at radius 1 is 0.897 bits per heavy atom. The van der Waals surface area contributed by atoms with Crippen molar-refractivity contribution < 1.29 is 18.0 Å². The van der Waals surface area contributed by atoms with E-state index in [9.17, 15) is 18.0 Å². The van der Waals surface area contributed by atoms with Gasteiger partial charge in [-0.15, -0.1) is 0 Å². The zero-order valence-corrected chi connectivity index (χ0v) is 16.8. The molecule has 0 aliphatic carbocycles. The second-order valence-corrected chi connectivity index (χ2v) is 9.24. The first kappa shape index (κ1) is 19.6. The fourth-order valence-corrected chi connectivity index (χ4v) is 5.29. The quantitative estimate of drug-likeness (QED) is 0.838. The van der Waals surface area contributed by atoms with Crippen molar-refractivity contribution in [3.63, 3.8) is 0 Å². The highest BCUT2D eigenvalue weighted by Crippen LogP contribution is 2.30. The van der Waals surface area contributed by atoms with Crippen molar-refractivity contribution in [1.29, 1.82) is 0 Å². The van der Waals surface area contributed by atoms with E-state index in [0.717, 1.165) is 25.7 Å². The molecule has 2 aliphatic rings. The van der Waals surface area contributed by atoms with Gasteiger partial charge < -0.3 is 5.32 Å². The van der Waals surface area contributed by atoms with E-state index >= 15 is 0 Å². The summed E-state index contributed by atoms with van der Waals surface area (Å²) in [6, 6.07) is 13.1. The number of carbonyl (C=O) groups excluding carboxylic acids is 2. The first-order chi connectivity index (χ1) is 14.0. The fourth-order valence-electron chi connectivity index (χ4n) is 3.77. The summed E-state index contributed by atoms with van der Waals surface area (Å²) in [6.07, 6.45) is 3.83. The number of nitrogens with one attached hydrogen (secondary N) is 1. The van der Waals surface area contributed by atoms with E-state index in [0.29, 0.717) is 30.0 Å². The molecular formula is C21H23N3O4S. The maximum Gasteiger partial charge on any atom is 0.258 e. The molecule has 152 valence electrons. The van der Waals surface area contributed by atoms with Crippen molar-refractivity contribution in [2.75, 3.05) is 29.9 Å². The van der Waals surface area contributed by atoms with Gasteiger partial charge in [-0.05, 0) is 49.2 Å². The van der Waals surface area contributed by atoms with E-state index in [1.54, 1.807) is 24.3 Å². The molecule has 8 heteroatoms. The number of hydrogen-bond donors (Lipinski definition) is 1. The number of sulfonamides is 1. The molecule has 29 heavy (non-hydrogen) atoms. The summed E-state index contributed by atoms with van der Waals surface area (Å²) in [7, 11) is -3.57. The highest BCUT2D eigenvalue weighted by molar-refractivity contribution is 7.89. The minimum atomic E-state index is -3.57. The van der Waals surface area contributed by atoms with Crippen LogP contribution in [-0.2, 0) is 14.8 Å². The Labute approximate surface area is 170 Å². The topological polar surface area (TPSA) is 86.8 Å². The molecule has 2 heterocycles. The van der Waals surface area contributed by atoms with E-state index < -0.39 is 10.0 Å². The van der Waals surface area contributed by atoms with Crippen LogP contribution < -0.4 is 10.2 Å². The monoisotopic (exact) mass is 413 g/mol. The van der Waals surface area contributed by atoms with Crippen molar-refractivity contribution in [2.45, 2.75) is 30.6 Å². The SMILES string of the molecule is O=C1CN(C(=O)c2ccc(S(=O)(=O)N3CCCCCC3)cc2)c2ccccc2N1. The Morgan fingerprint density at radius 2 is 1.55 bits per heavy atom. The lowest BCUT2D eigenvalue weighted by molar-refractivity contribution is -0.115. The Morgan fingerprint density at radius 3 is 2.24 bits per heavy atom. The van der Waals surface area contributed by atoms with Gasteiger partial charge in [0.2, 0.25) is 15.9 Å². The van der Waals surface area contributed by atoms with Gasteiger partial charge in [0.25, 0.3) is 5.91 Å². The third-order valence-electron chi connectivity index (χ3n) is 5.32. The molecule has 4 rings (SSSR count). The number of rotatable bonds is 3. The summed E-state index contributed by atoms with van der Waals surface area (Å²) in [4.78, 5) is 26.6. The first-order valence-corrected chi connectivity index (χ1v) is 11.2. The molecule has 7 nitrogen and oxygen atoms in total. The molecule has 0 bridgehead atoms. The fraction of sp³-hybridized carbons (Fsp3) is 0.333. The molecule has 0 unspecified atom stereocenters. The van der Waals surface area contributed by atoms with Crippen LogP contribution in [0, 0.1) is 0 Å². The number of amides is 2. The Hall–Kier alpha value is -2.71. The molecule has 0 saturated carbocycles. The highest BCUT2D eigenvalue weighted by atomic mass is 32.2. The zero-order chi connectivity index (χ0) is 20.4. The van der Waals surface area contributed by atoms with Crippen molar-refractivity contribution in [3.8, 4) is 0 Å². The van der Waals surface area contributed by atoms with E-state index in [-0.39, 0.29) is 23.3 Å². The molecule has 1 saturated heterocycles. The molecule has 0 atom stereocenters. The second kappa shape index (κ2) is 7.96. The zero-order valence-electron chi connectivity index (χ0n) is 16.0. The summed E-state index contributed by atoms with van der Waals surface area (Å²) >= 11 is 0. The van der Waals surface area contributed by atoms with Crippen LogP contribution in [0.5, 0.6) is 0 Å². The highest BCUT2D eigenvalue weighted by Gasteiger charge is 2.29. The van der Waals surface area contributed by atoms with Gasteiger partial charge in [0.05, 0.1) is 16.3 Å². The molecule has 2 aliphatic heterocycles. The molecule has 0 radical (unpaired) electrons. The predicted octanol–water partition coefficient (Wildman–Crippen LogP) is 2.85. The molecule has 2 aromatic rings. The van der Waals surface area contributed by atoms with Crippen molar-refractivity contribution in [2.24, 2.45) is 0 Å². The molecule has 1 N–H and O–H groups in total. The van der Waals surface area contributed by atoms with Gasteiger partial charge in [-0.2, -0.15) is 4.31 Å². The first-order valence-electron chi connectivity index (χ1n) is 9.78. The molecular weight excluding hydrogens is 390 g/mol. The van der Waals surface area contributed by atoms with Crippen LogP contribution in [0.1, 0.15) is 36.0 Å². The number of benzene rings is 2. The van der Waals surface area contributed by atoms with Crippen molar-refractivity contribution >= 4 is 33.2 Å². The van der Waals surface area contributed by atoms with Crippen molar-refractivity contribution in [3.05, 3.63) is 54.1 Å². The normalized spacial score (nSPS) is 17.9. The minimum Gasteiger partial charge on any atom is -0.323 e. The summed E-state index contributed by atoms with van der Waals surface area (Å²) in [5.74, 6) is -0.608. The Kier molecular flexibility index (Phi) is 5.38. The lowest BCUT2D eigenvalue weighted by Gasteiger charge is -2.29. The van der Waals surface area contributed by atoms with Gasteiger partial charge >= 0.3 is 0 Å².